The molecule has 43 heavy (non-hydrogen) atoms. The maximum Gasteiger partial charge on any atom is 0.259 e. The van der Waals surface area contributed by atoms with Gasteiger partial charge in [0.15, 0.2) is 0 Å². The number of nitrogens with zero attached hydrogens (tertiary/aromatic N) is 3. The van der Waals surface area contributed by atoms with Crippen LogP contribution in [0.5, 0.6) is 0 Å². The number of anilines is 2. The average Bonchev–Trinajstić information content (AvgIpc) is 3.28. The molecule has 4 aromatic carbocycles. The van der Waals surface area contributed by atoms with Crippen LogP contribution >= 0.6 is 0 Å². The molecule has 3 aliphatic rings. The van der Waals surface area contributed by atoms with Crippen LogP contribution in [0.3, 0.4) is 0 Å². The minimum absolute atomic E-state index is 0.208. The lowest BCUT2D eigenvalue weighted by atomic mass is 9.95. The second-order valence-electron chi connectivity index (χ2n) is 11.5. The van der Waals surface area contributed by atoms with Gasteiger partial charge in [-0.3, -0.25) is 29.5 Å². The zero-order valence-electron chi connectivity index (χ0n) is 23.5. The van der Waals surface area contributed by atoms with Crippen molar-refractivity contribution in [2.45, 2.75) is 31.8 Å². The van der Waals surface area contributed by atoms with Gasteiger partial charge in [-0.25, -0.2) is 8.78 Å². The highest BCUT2D eigenvalue weighted by Crippen LogP contribution is 2.41. The summed E-state index contributed by atoms with van der Waals surface area (Å²) in [5.41, 5.74) is 5.17. The Morgan fingerprint density at radius 3 is 2.30 bits per heavy atom. The molecule has 2 fully saturated rings. The summed E-state index contributed by atoms with van der Waals surface area (Å²) in [6.07, 6.45) is 1.21. The maximum atomic E-state index is 14.2. The lowest BCUT2D eigenvalue weighted by molar-refractivity contribution is -0.134. The van der Waals surface area contributed by atoms with Crippen LogP contribution in [0.1, 0.15) is 39.9 Å². The van der Waals surface area contributed by atoms with E-state index in [1.54, 1.807) is 11.0 Å². The van der Waals surface area contributed by atoms with Gasteiger partial charge in [-0.05, 0) is 59.2 Å². The maximum absolute atomic E-state index is 14.2. The second kappa shape index (κ2) is 10.9. The van der Waals surface area contributed by atoms with Crippen LogP contribution in [0.4, 0.5) is 20.2 Å². The van der Waals surface area contributed by atoms with E-state index in [9.17, 15) is 23.2 Å². The van der Waals surface area contributed by atoms with Gasteiger partial charge in [0.1, 0.15) is 17.7 Å². The van der Waals surface area contributed by atoms with E-state index >= 15 is 0 Å². The van der Waals surface area contributed by atoms with E-state index < -0.39 is 23.6 Å². The number of amides is 3. The Labute approximate surface area is 247 Å². The predicted molar refractivity (Wildman–Crippen MR) is 160 cm³/mol. The Kier molecular flexibility index (Phi) is 6.89. The van der Waals surface area contributed by atoms with Crippen molar-refractivity contribution < 1.29 is 23.2 Å². The Hall–Kier alpha value is -4.63. The Morgan fingerprint density at radius 1 is 0.814 bits per heavy atom. The third-order valence-corrected chi connectivity index (χ3v) is 8.79. The molecule has 2 saturated heterocycles. The molecule has 0 radical (unpaired) electrons. The summed E-state index contributed by atoms with van der Waals surface area (Å²) in [6, 6.07) is 21.2. The standard InChI is InChI=1S/C34H30F2N4O3/c35-24-9-11-28(27(36)19-24)39-16-14-38(15-17-39)20-22-6-4-21(5-7-22)18-23-8-10-29-32-25(23)2-1-3-26(32)34(43)40(29)30-12-13-31(41)37-33(30)42/h1-11,19,30H,12-18,20H2,(H,37,41,42)/t30-/m0/s1. The molecular weight excluding hydrogens is 550 g/mol. The highest BCUT2D eigenvalue weighted by molar-refractivity contribution is 6.27. The molecule has 0 aliphatic carbocycles. The molecule has 218 valence electrons. The fraction of sp³-hybridized carbons (Fsp3) is 0.265. The number of nitrogens with one attached hydrogen (secondary N) is 1. The molecule has 0 aromatic heterocycles. The zero-order valence-corrected chi connectivity index (χ0v) is 23.5. The minimum Gasteiger partial charge on any atom is -0.367 e. The van der Waals surface area contributed by atoms with Crippen molar-refractivity contribution in [3.8, 4) is 0 Å². The van der Waals surface area contributed by atoms with Crippen LogP contribution in [0.2, 0.25) is 0 Å². The van der Waals surface area contributed by atoms with E-state index in [0.29, 0.717) is 42.9 Å². The van der Waals surface area contributed by atoms with E-state index in [4.69, 9.17) is 0 Å². The number of halogens is 2. The van der Waals surface area contributed by atoms with E-state index in [0.717, 1.165) is 47.6 Å². The van der Waals surface area contributed by atoms with Crippen molar-refractivity contribution >= 4 is 39.9 Å². The first-order valence-corrected chi connectivity index (χ1v) is 14.6. The first kappa shape index (κ1) is 27.2. The summed E-state index contributed by atoms with van der Waals surface area (Å²) in [6.45, 7) is 3.71. The largest absolute Gasteiger partial charge is 0.367 e. The molecule has 4 aromatic rings. The van der Waals surface area contributed by atoms with E-state index in [-0.39, 0.29) is 18.2 Å². The van der Waals surface area contributed by atoms with E-state index in [2.05, 4.69) is 34.5 Å². The van der Waals surface area contributed by atoms with Gasteiger partial charge in [-0.2, -0.15) is 0 Å². The van der Waals surface area contributed by atoms with Crippen LogP contribution in [0.15, 0.2) is 72.8 Å². The lowest BCUT2D eigenvalue weighted by Crippen LogP contribution is -2.53. The van der Waals surface area contributed by atoms with Crippen LogP contribution in [-0.4, -0.2) is 54.8 Å². The van der Waals surface area contributed by atoms with Crippen molar-refractivity contribution in [3.05, 3.63) is 107 Å². The Balaban J connectivity index is 1.04. The molecule has 0 bridgehead atoms. The van der Waals surface area contributed by atoms with Crippen LogP contribution < -0.4 is 15.1 Å². The van der Waals surface area contributed by atoms with E-state index in [1.807, 2.05) is 29.2 Å². The van der Waals surface area contributed by atoms with Crippen molar-refractivity contribution in [2.75, 3.05) is 36.0 Å². The van der Waals surface area contributed by atoms with Gasteiger partial charge >= 0.3 is 0 Å². The summed E-state index contributed by atoms with van der Waals surface area (Å²) in [4.78, 5) is 43.6. The smallest absolute Gasteiger partial charge is 0.259 e. The number of piperazine rings is 1. The fourth-order valence-electron chi connectivity index (χ4n) is 6.58. The summed E-state index contributed by atoms with van der Waals surface area (Å²) in [7, 11) is 0. The number of hydrogen-bond acceptors (Lipinski definition) is 5. The zero-order chi connectivity index (χ0) is 29.7. The van der Waals surface area contributed by atoms with Crippen molar-refractivity contribution in [3.63, 3.8) is 0 Å². The first-order valence-electron chi connectivity index (χ1n) is 14.6. The van der Waals surface area contributed by atoms with Gasteiger partial charge in [0, 0.05) is 56.2 Å². The molecule has 3 heterocycles. The number of carbonyl (C=O) groups excluding carboxylic acids is 3. The molecule has 1 N–H and O–H groups in total. The molecule has 9 heteroatoms. The molecular formula is C34H30F2N4O3. The number of piperidine rings is 1. The summed E-state index contributed by atoms with van der Waals surface area (Å²) >= 11 is 0. The van der Waals surface area contributed by atoms with Crippen molar-refractivity contribution in [1.82, 2.24) is 10.2 Å². The average molecular weight is 581 g/mol. The number of rotatable bonds is 6. The van der Waals surface area contributed by atoms with Crippen LogP contribution in [-0.2, 0) is 22.6 Å². The van der Waals surface area contributed by atoms with Gasteiger partial charge in [0.25, 0.3) is 5.91 Å². The minimum atomic E-state index is -0.703. The molecule has 3 amide bonds. The molecule has 7 nitrogen and oxygen atoms in total. The molecule has 0 spiro atoms. The van der Waals surface area contributed by atoms with Gasteiger partial charge < -0.3 is 4.90 Å². The Morgan fingerprint density at radius 2 is 1.56 bits per heavy atom. The number of imide groups is 1. The molecule has 1 atom stereocenters. The molecule has 0 saturated carbocycles. The van der Waals surface area contributed by atoms with Crippen molar-refractivity contribution in [2.24, 2.45) is 0 Å². The predicted octanol–water partition coefficient (Wildman–Crippen LogP) is 4.80. The second-order valence-corrected chi connectivity index (χ2v) is 11.5. The summed E-state index contributed by atoms with van der Waals surface area (Å²) in [5.74, 6) is -2.04. The van der Waals surface area contributed by atoms with Crippen molar-refractivity contribution in [1.29, 1.82) is 0 Å². The summed E-state index contributed by atoms with van der Waals surface area (Å²) in [5, 5.41) is 4.21. The SMILES string of the molecule is O=C1CC[C@H](N2C(=O)c3cccc4c(Cc5ccc(CN6CCN(c7ccc(F)cc7F)CC6)cc5)ccc2c34)C(=O)N1. The number of benzene rings is 4. The summed E-state index contributed by atoms with van der Waals surface area (Å²) < 4.78 is 27.5. The van der Waals surface area contributed by atoms with E-state index in [1.165, 1.54) is 17.7 Å². The van der Waals surface area contributed by atoms with Gasteiger partial charge in [-0.1, -0.05) is 42.5 Å². The van der Waals surface area contributed by atoms with Crippen LogP contribution in [0.25, 0.3) is 10.8 Å². The number of carbonyl (C=O) groups is 3. The van der Waals surface area contributed by atoms with Crippen LogP contribution in [0, 0.1) is 11.6 Å². The highest BCUT2D eigenvalue weighted by Gasteiger charge is 2.40. The van der Waals surface area contributed by atoms with Gasteiger partial charge in [0.2, 0.25) is 11.8 Å². The third kappa shape index (κ3) is 5.03. The van der Waals surface area contributed by atoms with Gasteiger partial charge in [-0.15, -0.1) is 0 Å². The van der Waals surface area contributed by atoms with Gasteiger partial charge in [0.05, 0.1) is 11.4 Å². The monoisotopic (exact) mass is 580 g/mol. The topological polar surface area (TPSA) is 73.0 Å². The Bertz CT molecular complexity index is 1770. The highest BCUT2D eigenvalue weighted by atomic mass is 19.1. The quantitative estimate of drug-likeness (QED) is 0.332. The molecule has 0 unspecified atom stereocenters. The molecule has 7 rings (SSSR count). The first-order chi connectivity index (χ1) is 20.9. The lowest BCUT2D eigenvalue weighted by Gasteiger charge is -2.36. The fourth-order valence-corrected chi connectivity index (χ4v) is 6.58. The third-order valence-electron chi connectivity index (χ3n) is 8.79. The normalized spacial score (nSPS) is 18.9. The number of hydrogen-bond donors (Lipinski definition) is 1. The molecule has 3 aliphatic heterocycles.